The third kappa shape index (κ3) is 4.18. The van der Waals surface area contributed by atoms with Gasteiger partial charge in [0.25, 0.3) is 0 Å². The van der Waals surface area contributed by atoms with Gasteiger partial charge < -0.3 is 10.1 Å². The Balaban J connectivity index is 1.89. The number of rotatable bonds is 2. The molecule has 3 nitrogen and oxygen atoms in total. The molecule has 26 heavy (non-hydrogen) atoms. The molecule has 2 aromatic rings. The van der Waals surface area contributed by atoms with Gasteiger partial charge in [0.05, 0.1) is 5.54 Å². The number of hydrogen-bond acceptors (Lipinski definition) is 3. The minimum absolute atomic E-state index is 0.249. The summed E-state index contributed by atoms with van der Waals surface area (Å²) in [6.45, 7) is 8.26. The summed E-state index contributed by atoms with van der Waals surface area (Å²) in [6.07, 6.45) is -3.85. The summed E-state index contributed by atoms with van der Waals surface area (Å²) >= 11 is 0. The van der Waals surface area contributed by atoms with Gasteiger partial charge >= 0.3 is 6.36 Å². The van der Waals surface area contributed by atoms with E-state index < -0.39 is 6.36 Å². The third-order valence-corrected chi connectivity index (χ3v) is 4.36. The zero-order valence-corrected chi connectivity index (χ0v) is 15.2. The summed E-state index contributed by atoms with van der Waals surface area (Å²) in [5, 5.41) is 3.24. The fraction of sp³-hybridized carbons (Fsp3) is 0.350. The van der Waals surface area contributed by atoms with E-state index in [1.807, 2.05) is 0 Å². The topological polar surface area (TPSA) is 33.6 Å². The fourth-order valence-corrected chi connectivity index (χ4v) is 3.08. The molecule has 0 amide bonds. The predicted octanol–water partition coefficient (Wildman–Crippen LogP) is 5.40. The Morgan fingerprint density at radius 2 is 1.65 bits per heavy atom. The van der Waals surface area contributed by atoms with E-state index in [1.54, 1.807) is 12.1 Å². The smallest absolute Gasteiger partial charge is 0.406 e. The van der Waals surface area contributed by atoms with Crippen molar-refractivity contribution in [2.45, 2.75) is 46.0 Å². The minimum Gasteiger partial charge on any atom is -0.406 e. The molecule has 138 valence electrons. The second-order valence-corrected chi connectivity index (χ2v) is 7.24. The van der Waals surface area contributed by atoms with Crippen LogP contribution in [0.15, 0.2) is 41.4 Å². The Kier molecular flexibility index (Phi) is 4.46. The van der Waals surface area contributed by atoms with Gasteiger partial charge in [-0.15, -0.1) is 13.2 Å². The lowest BCUT2D eigenvalue weighted by Crippen LogP contribution is -2.32. The number of ether oxygens (including phenoxy) is 1. The van der Waals surface area contributed by atoms with Crippen molar-refractivity contribution in [3.63, 3.8) is 0 Å². The Morgan fingerprint density at radius 3 is 2.27 bits per heavy atom. The van der Waals surface area contributed by atoms with Crippen LogP contribution in [0.3, 0.4) is 0 Å². The lowest BCUT2D eigenvalue weighted by Gasteiger charge is -2.30. The number of fused-ring (bicyclic) bond motifs is 1. The molecule has 0 saturated carbocycles. The van der Waals surface area contributed by atoms with Gasteiger partial charge in [0, 0.05) is 11.3 Å². The number of hydrogen-bond donors (Lipinski definition) is 1. The zero-order valence-electron chi connectivity index (χ0n) is 15.2. The molecule has 0 bridgehead atoms. The molecule has 3 rings (SSSR count). The average molecular weight is 362 g/mol. The normalized spacial score (nSPS) is 15.9. The maximum Gasteiger partial charge on any atom is 0.573 e. The van der Waals surface area contributed by atoms with E-state index in [0.29, 0.717) is 5.69 Å². The van der Waals surface area contributed by atoms with E-state index in [0.717, 1.165) is 17.8 Å². The van der Waals surface area contributed by atoms with Crippen molar-refractivity contribution in [2.75, 3.05) is 5.32 Å². The highest BCUT2D eigenvalue weighted by atomic mass is 19.4. The van der Waals surface area contributed by atoms with Gasteiger partial charge in [0.2, 0.25) is 0 Å². The SMILES string of the molecule is Cc1cc2c(cc1C)C(Nc1ccc(OC(F)(F)F)cc1)=NC(C)(C)C2. The molecule has 0 saturated heterocycles. The molecule has 0 aromatic heterocycles. The molecule has 0 atom stereocenters. The maximum atomic E-state index is 12.3. The van der Waals surface area contributed by atoms with Gasteiger partial charge in [-0.25, -0.2) is 0 Å². The van der Waals surface area contributed by atoms with Gasteiger partial charge in [-0.2, -0.15) is 0 Å². The highest BCUT2D eigenvalue weighted by molar-refractivity contribution is 6.10. The van der Waals surface area contributed by atoms with Crippen molar-refractivity contribution in [1.82, 2.24) is 0 Å². The van der Waals surface area contributed by atoms with Crippen molar-refractivity contribution < 1.29 is 17.9 Å². The molecule has 1 aliphatic rings. The number of amidine groups is 1. The van der Waals surface area contributed by atoms with Crippen LogP contribution in [0.5, 0.6) is 5.75 Å². The molecule has 0 radical (unpaired) electrons. The molecule has 1 heterocycles. The molecule has 1 N–H and O–H groups in total. The van der Waals surface area contributed by atoms with Gasteiger partial charge in [0.15, 0.2) is 0 Å². The Bertz CT molecular complexity index is 853. The van der Waals surface area contributed by atoms with Crippen LogP contribution < -0.4 is 10.1 Å². The second kappa shape index (κ2) is 6.34. The number of nitrogens with zero attached hydrogens (tertiary/aromatic N) is 1. The first-order valence-electron chi connectivity index (χ1n) is 8.36. The van der Waals surface area contributed by atoms with E-state index >= 15 is 0 Å². The second-order valence-electron chi connectivity index (χ2n) is 7.24. The predicted molar refractivity (Wildman–Crippen MR) is 97.0 cm³/mol. The highest BCUT2D eigenvalue weighted by Gasteiger charge is 2.31. The van der Waals surface area contributed by atoms with Gasteiger partial charge in [0.1, 0.15) is 11.6 Å². The summed E-state index contributed by atoms with van der Waals surface area (Å²) in [6, 6.07) is 9.95. The molecular weight excluding hydrogens is 341 g/mol. The number of nitrogens with one attached hydrogen (secondary N) is 1. The lowest BCUT2D eigenvalue weighted by molar-refractivity contribution is -0.274. The Morgan fingerprint density at radius 1 is 1.04 bits per heavy atom. The number of anilines is 1. The van der Waals surface area contributed by atoms with Crippen molar-refractivity contribution >= 4 is 11.5 Å². The van der Waals surface area contributed by atoms with Crippen LogP contribution in [0.1, 0.15) is 36.1 Å². The van der Waals surface area contributed by atoms with Crippen LogP contribution in [0.25, 0.3) is 0 Å². The van der Waals surface area contributed by atoms with E-state index in [9.17, 15) is 13.2 Å². The highest BCUT2D eigenvalue weighted by Crippen LogP contribution is 2.30. The third-order valence-electron chi connectivity index (χ3n) is 4.36. The van der Waals surface area contributed by atoms with Crippen LogP contribution in [-0.4, -0.2) is 17.7 Å². The minimum atomic E-state index is -4.69. The van der Waals surface area contributed by atoms with E-state index in [-0.39, 0.29) is 11.3 Å². The van der Waals surface area contributed by atoms with Crippen molar-refractivity contribution in [1.29, 1.82) is 0 Å². The van der Waals surface area contributed by atoms with E-state index in [4.69, 9.17) is 4.99 Å². The summed E-state index contributed by atoms with van der Waals surface area (Å²) < 4.78 is 40.7. The number of benzene rings is 2. The summed E-state index contributed by atoms with van der Waals surface area (Å²) in [4.78, 5) is 4.80. The van der Waals surface area contributed by atoms with E-state index in [1.165, 1.54) is 28.8 Å². The number of alkyl halides is 3. The van der Waals surface area contributed by atoms with Crippen LogP contribution >= 0.6 is 0 Å². The van der Waals surface area contributed by atoms with Crippen molar-refractivity contribution in [2.24, 2.45) is 4.99 Å². The first kappa shape index (κ1) is 18.3. The lowest BCUT2D eigenvalue weighted by atomic mass is 9.86. The molecule has 6 heteroatoms. The Hall–Kier alpha value is -2.50. The Labute approximate surface area is 150 Å². The first-order chi connectivity index (χ1) is 12.0. The molecule has 1 aliphatic heterocycles. The van der Waals surface area contributed by atoms with Crippen LogP contribution in [-0.2, 0) is 6.42 Å². The van der Waals surface area contributed by atoms with Crippen LogP contribution in [0.4, 0.5) is 18.9 Å². The van der Waals surface area contributed by atoms with Crippen LogP contribution in [0.2, 0.25) is 0 Å². The average Bonchev–Trinajstić information content (AvgIpc) is 2.49. The van der Waals surface area contributed by atoms with Crippen LogP contribution in [0, 0.1) is 13.8 Å². The fourth-order valence-electron chi connectivity index (χ4n) is 3.08. The first-order valence-corrected chi connectivity index (χ1v) is 8.36. The summed E-state index contributed by atoms with van der Waals surface area (Å²) in [7, 11) is 0. The molecule has 0 fully saturated rings. The molecule has 0 aliphatic carbocycles. The standard InChI is InChI=1S/C20H21F3N2O/c1-12-9-14-11-19(3,4)25-18(17(14)10-13(12)2)24-15-5-7-16(8-6-15)26-20(21,22)23/h5-10H,11H2,1-4H3,(H,24,25). The number of halogens is 3. The number of aliphatic imine (C=N–C) groups is 1. The maximum absolute atomic E-state index is 12.3. The van der Waals surface area contributed by atoms with Crippen molar-refractivity contribution in [3.8, 4) is 5.75 Å². The van der Waals surface area contributed by atoms with E-state index in [2.05, 4.69) is 49.9 Å². The summed E-state index contributed by atoms with van der Waals surface area (Å²) in [5.74, 6) is 0.477. The molecule has 0 unspecified atom stereocenters. The molecule has 0 spiro atoms. The largest absolute Gasteiger partial charge is 0.573 e. The number of aryl methyl sites for hydroxylation is 2. The zero-order chi connectivity index (χ0) is 19.1. The van der Waals surface area contributed by atoms with Crippen molar-refractivity contribution in [3.05, 3.63) is 58.7 Å². The molecular formula is C20H21F3N2O. The summed E-state index contributed by atoms with van der Waals surface area (Å²) in [5.41, 5.74) is 5.05. The van der Waals surface area contributed by atoms with Gasteiger partial charge in [-0.1, -0.05) is 6.07 Å². The monoisotopic (exact) mass is 362 g/mol. The van der Waals surface area contributed by atoms with Gasteiger partial charge in [-0.3, -0.25) is 4.99 Å². The quantitative estimate of drug-likeness (QED) is 0.776. The molecule has 2 aromatic carbocycles. The van der Waals surface area contributed by atoms with Gasteiger partial charge in [-0.05, 0) is 81.1 Å².